The molecule has 0 saturated heterocycles. The van der Waals surface area contributed by atoms with E-state index in [2.05, 4.69) is 5.32 Å². The van der Waals surface area contributed by atoms with E-state index < -0.39 is 36.9 Å². The maximum absolute atomic E-state index is 10.7. The highest BCUT2D eigenvalue weighted by molar-refractivity contribution is 5.74. The number of amides is 1. The molecular formula is C8H15NO6. The molecule has 88 valence electrons. The average molecular weight is 221 g/mol. The lowest BCUT2D eigenvalue weighted by atomic mass is 10.0. The predicted molar refractivity (Wildman–Crippen MR) is 48.8 cm³/mol. The highest BCUT2D eigenvalue weighted by Gasteiger charge is 2.32. The summed E-state index contributed by atoms with van der Waals surface area (Å²) < 4.78 is 0. The molecule has 4 atom stereocenters. The fourth-order valence-electron chi connectivity index (χ4n) is 1.04. The Morgan fingerprint density at radius 1 is 1.40 bits per heavy atom. The molecule has 0 rings (SSSR count). The molecule has 15 heavy (non-hydrogen) atoms. The first-order valence-corrected chi connectivity index (χ1v) is 4.31. The summed E-state index contributed by atoms with van der Waals surface area (Å²) in [5.74, 6) is -0.579. The van der Waals surface area contributed by atoms with Crippen molar-refractivity contribution in [2.24, 2.45) is 0 Å². The van der Waals surface area contributed by atoms with Crippen LogP contribution in [0.1, 0.15) is 6.92 Å². The van der Waals surface area contributed by atoms with Gasteiger partial charge in [0.05, 0.1) is 12.6 Å². The number of nitrogens with one attached hydrogen (secondary N) is 1. The molecular weight excluding hydrogens is 206 g/mol. The molecule has 5 N–H and O–H groups in total. The van der Waals surface area contributed by atoms with Crippen LogP contribution >= 0.6 is 0 Å². The van der Waals surface area contributed by atoms with Crippen LogP contribution in [0.5, 0.6) is 0 Å². The molecule has 0 aromatic heterocycles. The van der Waals surface area contributed by atoms with E-state index in [0.717, 1.165) is 6.92 Å². The van der Waals surface area contributed by atoms with E-state index in [1.165, 1.54) is 0 Å². The summed E-state index contributed by atoms with van der Waals surface area (Å²) in [6.45, 7) is 0.380. The van der Waals surface area contributed by atoms with Gasteiger partial charge in [-0.05, 0) is 0 Å². The van der Waals surface area contributed by atoms with Crippen molar-refractivity contribution in [1.29, 1.82) is 0 Å². The minimum absolute atomic E-state index is 0.119. The Labute approximate surface area is 86.3 Å². The lowest BCUT2D eigenvalue weighted by molar-refractivity contribution is -0.128. The van der Waals surface area contributed by atoms with Crippen molar-refractivity contribution in [3.05, 3.63) is 0 Å². The van der Waals surface area contributed by atoms with Crippen LogP contribution in [0.15, 0.2) is 0 Å². The van der Waals surface area contributed by atoms with Gasteiger partial charge in [0.15, 0.2) is 6.29 Å². The number of aliphatic hydroxyl groups is 4. The van der Waals surface area contributed by atoms with Gasteiger partial charge in [-0.2, -0.15) is 0 Å². The molecule has 0 aromatic carbocycles. The zero-order valence-electron chi connectivity index (χ0n) is 8.20. The molecule has 7 nitrogen and oxygen atoms in total. The maximum atomic E-state index is 10.7. The quantitative estimate of drug-likeness (QED) is 0.300. The molecule has 0 bridgehead atoms. The highest BCUT2D eigenvalue weighted by Crippen LogP contribution is 2.04. The number of aliphatic hydroxyl groups excluding tert-OH is 4. The van der Waals surface area contributed by atoms with Gasteiger partial charge in [-0.1, -0.05) is 0 Å². The molecule has 0 aliphatic heterocycles. The Hall–Kier alpha value is -1.02. The summed E-state index contributed by atoms with van der Waals surface area (Å²) >= 11 is 0. The van der Waals surface area contributed by atoms with Gasteiger partial charge < -0.3 is 30.5 Å². The third-order valence-electron chi connectivity index (χ3n) is 1.83. The second-order valence-corrected chi connectivity index (χ2v) is 3.09. The fourth-order valence-corrected chi connectivity index (χ4v) is 1.04. The van der Waals surface area contributed by atoms with Crippen molar-refractivity contribution in [3.8, 4) is 0 Å². The molecule has 0 radical (unpaired) electrons. The first-order chi connectivity index (χ1) is 6.93. The van der Waals surface area contributed by atoms with E-state index in [9.17, 15) is 14.7 Å². The van der Waals surface area contributed by atoms with Crippen LogP contribution in [0.25, 0.3) is 0 Å². The number of carbonyl (C=O) groups is 2. The molecule has 0 unspecified atom stereocenters. The van der Waals surface area contributed by atoms with Crippen LogP contribution in [0, 0.1) is 0 Å². The van der Waals surface area contributed by atoms with E-state index >= 15 is 0 Å². The minimum atomic E-state index is -1.65. The normalized spacial score (nSPS) is 18.7. The Morgan fingerprint density at radius 3 is 2.27 bits per heavy atom. The molecule has 0 saturated carbocycles. The molecule has 0 heterocycles. The van der Waals surface area contributed by atoms with Crippen molar-refractivity contribution in [2.45, 2.75) is 31.3 Å². The SMILES string of the molecule is CC(=O)N[C@@H]([C@H](O)[C@H](O)CO)[C@@H](O)C=O. The summed E-state index contributed by atoms with van der Waals surface area (Å²) in [5, 5.41) is 38.3. The number of hydrogen-bond donors (Lipinski definition) is 5. The van der Waals surface area contributed by atoms with Crippen LogP contribution in [0.2, 0.25) is 0 Å². The number of carbonyl (C=O) groups excluding carboxylic acids is 2. The third kappa shape index (κ3) is 4.34. The molecule has 0 aliphatic rings. The van der Waals surface area contributed by atoms with E-state index in [1.54, 1.807) is 0 Å². The van der Waals surface area contributed by atoms with E-state index in [0.29, 0.717) is 0 Å². The van der Waals surface area contributed by atoms with Gasteiger partial charge in [0.25, 0.3) is 0 Å². The van der Waals surface area contributed by atoms with E-state index in [1.807, 2.05) is 0 Å². The zero-order valence-corrected chi connectivity index (χ0v) is 8.20. The molecule has 0 spiro atoms. The van der Waals surface area contributed by atoms with Crippen LogP contribution in [0.4, 0.5) is 0 Å². The predicted octanol–water partition coefficient (Wildman–Crippen LogP) is -3.24. The van der Waals surface area contributed by atoms with Crippen molar-refractivity contribution < 1.29 is 30.0 Å². The fraction of sp³-hybridized carbons (Fsp3) is 0.750. The largest absolute Gasteiger partial charge is 0.394 e. The molecule has 0 aromatic rings. The second kappa shape index (κ2) is 6.46. The van der Waals surface area contributed by atoms with Gasteiger partial charge in [-0.15, -0.1) is 0 Å². The van der Waals surface area contributed by atoms with Crippen molar-refractivity contribution in [3.63, 3.8) is 0 Å². The standard InChI is InChI=1S/C8H15NO6/c1-4(12)9-7(5(13)2-10)8(15)6(14)3-11/h2,5-8,11,13-15H,3H2,1H3,(H,9,12)/t5-,6+,7+,8+/m0/s1. The van der Waals surface area contributed by atoms with Gasteiger partial charge in [-0.3, -0.25) is 4.79 Å². The van der Waals surface area contributed by atoms with E-state index in [4.69, 9.17) is 15.3 Å². The van der Waals surface area contributed by atoms with Gasteiger partial charge in [0.1, 0.15) is 18.3 Å². The summed E-state index contributed by atoms with van der Waals surface area (Å²) in [6, 6.07) is -1.35. The monoisotopic (exact) mass is 221 g/mol. The van der Waals surface area contributed by atoms with Crippen LogP contribution < -0.4 is 5.32 Å². The first kappa shape index (κ1) is 14.0. The van der Waals surface area contributed by atoms with Crippen LogP contribution in [0.3, 0.4) is 0 Å². The Bertz CT molecular complexity index is 221. The minimum Gasteiger partial charge on any atom is -0.394 e. The van der Waals surface area contributed by atoms with Crippen LogP contribution in [-0.4, -0.2) is 63.6 Å². The third-order valence-corrected chi connectivity index (χ3v) is 1.83. The van der Waals surface area contributed by atoms with Crippen molar-refractivity contribution in [2.75, 3.05) is 6.61 Å². The lowest BCUT2D eigenvalue weighted by Crippen LogP contribution is -2.55. The Kier molecular flexibility index (Phi) is 6.02. The van der Waals surface area contributed by atoms with Crippen LogP contribution in [-0.2, 0) is 9.59 Å². The van der Waals surface area contributed by atoms with Gasteiger partial charge in [0.2, 0.25) is 5.91 Å². The lowest BCUT2D eigenvalue weighted by Gasteiger charge is -2.27. The molecule has 1 amide bonds. The summed E-state index contributed by atoms with van der Waals surface area (Å²) in [5.41, 5.74) is 0. The van der Waals surface area contributed by atoms with Crippen molar-refractivity contribution >= 4 is 12.2 Å². The Morgan fingerprint density at radius 2 is 1.93 bits per heavy atom. The van der Waals surface area contributed by atoms with Crippen molar-refractivity contribution in [1.82, 2.24) is 5.32 Å². The second-order valence-electron chi connectivity index (χ2n) is 3.09. The molecule has 0 aliphatic carbocycles. The smallest absolute Gasteiger partial charge is 0.217 e. The van der Waals surface area contributed by atoms with Gasteiger partial charge in [0, 0.05) is 6.92 Å². The number of aldehydes is 1. The summed E-state index contributed by atoms with van der Waals surface area (Å²) in [6.07, 6.45) is -4.70. The molecule has 7 heteroatoms. The molecule has 0 fully saturated rings. The van der Waals surface area contributed by atoms with E-state index in [-0.39, 0.29) is 6.29 Å². The average Bonchev–Trinajstić information content (AvgIpc) is 2.22. The number of rotatable bonds is 6. The summed E-state index contributed by atoms with van der Waals surface area (Å²) in [4.78, 5) is 21.0. The maximum Gasteiger partial charge on any atom is 0.217 e. The first-order valence-electron chi connectivity index (χ1n) is 4.31. The van der Waals surface area contributed by atoms with Gasteiger partial charge in [-0.25, -0.2) is 0 Å². The van der Waals surface area contributed by atoms with Gasteiger partial charge >= 0.3 is 0 Å². The Balaban J connectivity index is 4.60. The zero-order chi connectivity index (χ0) is 12.0. The highest BCUT2D eigenvalue weighted by atomic mass is 16.4. The number of hydrogen-bond acceptors (Lipinski definition) is 6. The topological polar surface area (TPSA) is 127 Å². The summed E-state index contributed by atoms with van der Waals surface area (Å²) in [7, 11) is 0.